The molecule has 1 heterocycles. The Balaban J connectivity index is 2.12. The van der Waals surface area contributed by atoms with Gasteiger partial charge < -0.3 is 5.32 Å². The van der Waals surface area contributed by atoms with Crippen molar-refractivity contribution in [2.45, 2.75) is 17.5 Å². The van der Waals surface area contributed by atoms with Crippen LogP contribution < -0.4 is 10.5 Å². The van der Waals surface area contributed by atoms with E-state index in [-0.39, 0.29) is 17.0 Å². The Kier molecular flexibility index (Phi) is 6.27. The van der Waals surface area contributed by atoms with E-state index in [4.69, 9.17) is 22.0 Å². The zero-order valence-corrected chi connectivity index (χ0v) is 17.5. The van der Waals surface area contributed by atoms with Crippen LogP contribution in [0.1, 0.15) is 16.7 Å². The molecule has 0 bridgehead atoms. The lowest BCUT2D eigenvalue weighted by Gasteiger charge is -2.18. The van der Waals surface area contributed by atoms with Crippen molar-refractivity contribution < 1.29 is 26.4 Å². The summed E-state index contributed by atoms with van der Waals surface area (Å²) in [6.45, 7) is 0. The van der Waals surface area contributed by atoms with Crippen molar-refractivity contribution in [2.24, 2.45) is 5.14 Å². The molecule has 0 fully saturated rings. The third-order valence-electron chi connectivity index (χ3n) is 4.25. The smallest absolute Gasteiger partial charge is 0.325 e. The number of nitrogens with one attached hydrogen (secondary N) is 1. The summed E-state index contributed by atoms with van der Waals surface area (Å²) >= 11 is 5.97. The van der Waals surface area contributed by atoms with Crippen LogP contribution in [-0.2, 0) is 27.4 Å². The molecule has 3 aromatic rings. The number of aromatic nitrogens is 2. The maximum atomic E-state index is 13.8. The van der Waals surface area contributed by atoms with Crippen LogP contribution >= 0.6 is 11.6 Å². The topological polar surface area (TPSA) is 131 Å². The predicted molar refractivity (Wildman–Crippen MR) is 108 cm³/mol. The van der Waals surface area contributed by atoms with Gasteiger partial charge in [-0.25, -0.2) is 18.2 Å². The quantitative estimate of drug-likeness (QED) is 0.575. The number of sulfonamides is 1. The number of rotatable bonds is 5. The molecule has 0 saturated heterocycles. The molecular weight excluding hydrogens is 471 g/mol. The molecule has 1 aromatic heterocycles. The first-order valence-corrected chi connectivity index (χ1v) is 10.6. The lowest BCUT2D eigenvalue weighted by atomic mass is 10.1. The molecule has 8 nitrogen and oxygen atoms in total. The van der Waals surface area contributed by atoms with E-state index in [9.17, 15) is 26.4 Å². The van der Waals surface area contributed by atoms with Crippen molar-refractivity contribution in [3.05, 3.63) is 70.5 Å². The Morgan fingerprint density at radius 1 is 1.28 bits per heavy atom. The third kappa shape index (κ3) is 5.08. The normalized spacial score (nSPS) is 11.8. The molecular formula is C19H13ClF3N5O3S. The Morgan fingerprint density at radius 3 is 2.53 bits per heavy atom. The fourth-order valence-electron chi connectivity index (χ4n) is 2.83. The molecule has 32 heavy (non-hydrogen) atoms. The van der Waals surface area contributed by atoms with E-state index in [1.165, 1.54) is 12.1 Å². The van der Waals surface area contributed by atoms with E-state index in [0.29, 0.717) is 17.7 Å². The predicted octanol–water partition coefficient (Wildman–Crippen LogP) is 3.24. The van der Waals surface area contributed by atoms with Crippen LogP contribution in [0.3, 0.4) is 0 Å². The molecule has 0 atom stereocenters. The van der Waals surface area contributed by atoms with Gasteiger partial charge in [-0.1, -0.05) is 29.8 Å². The second-order valence-electron chi connectivity index (χ2n) is 6.51. The van der Waals surface area contributed by atoms with Crippen LogP contribution in [0, 0.1) is 11.3 Å². The van der Waals surface area contributed by atoms with Crippen LogP contribution in [0.15, 0.2) is 53.7 Å². The molecule has 3 N–H and O–H groups in total. The highest BCUT2D eigenvalue weighted by Crippen LogP contribution is 2.38. The number of halogens is 4. The summed E-state index contributed by atoms with van der Waals surface area (Å²) in [4.78, 5) is 11.7. The summed E-state index contributed by atoms with van der Waals surface area (Å²) in [5.74, 6) is -0.859. The summed E-state index contributed by atoms with van der Waals surface area (Å²) < 4.78 is 66.2. The minimum absolute atomic E-state index is 0.0175. The van der Waals surface area contributed by atoms with Crippen LogP contribution in [0.4, 0.5) is 18.9 Å². The summed E-state index contributed by atoms with van der Waals surface area (Å²) in [5.41, 5.74) is -2.33. The fourth-order valence-corrected chi connectivity index (χ4v) is 3.76. The highest BCUT2D eigenvalue weighted by atomic mass is 35.5. The molecule has 0 radical (unpaired) electrons. The van der Waals surface area contributed by atoms with Gasteiger partial charge in [0.15, 0.2) is 0 Å². The van der Waals surface area contributed by atoms with Gasteiger partial charge in [-0.3, -0.25) is 4.79 Å². The molecule has 3 rings (SSSR count). The first kappa shape index (κ1) is 23.3. The third-order valence-corrected chi connectivity index (χ3v) is 5.56. The van der Waals surface area contributed by atoms with Gasteiger partial charge in [-0.05, 0) is 23.8 Å². The van der Waals surface area contributed by atoms with Crippen LogP contribution in [0.25, 0.3) is 5.69 Å². The van der Waals surface area contributed by atoms with E-state index in [1.54, 1.807) is 18.2 Å². The maximum absolute atomic E-state index is 13.8. The number of nitriles is 1. The SMILES string of the molecule is N#Cc1cnn(-c2cc(C(F)(F)F)c(NC(=O)Cc3ccccc3Cl)cc2S(N)(=O)=O)c1. The van der Waals surface area contributed by atoms with Crippen molar-refractivity contribution in [2.75, 3.05) is 5.32 Å². The van der Waals surface area contributed by atoms with Crippen molar-refractivity contribution in [3.8, 4) is 11.8 Å². The molecule has 13 heteroatoms. The number of primary sulfonamides is 1. The minimum atomic E-state index is -4.97. The van der Waals surface area contributed by atoms with Crippen LogP contribution in [0.2, 0.25) is 5.02 Å². The van der Waals surface area contributed by atoms with Gasteiger partial charge in [0.25, 0.3) is 0 Å². The number of carbonyl (C=O) groups excluding carboxylic acids is 1. The number of anilines is 1. The first-order chi connectivity index (χ1) is 14.9. The molecule has 2 aromatic carbocycles. The average Bonchev–Trinajstić information content (AvgIpc) is 3.17. The van der Waals surface area contributed by atoms with Crippen LogP contribution in [0.5, 0.6) is 0 Å². The van der Waals surface area contributed by atoms with E-state index in [1.807, 2.05) is 0 Å². The number of alkyl halides is 3. The molecule has 0 unspecified atom stereocenters. The number of hydrogen-bond acceptors (Lipinski definition) is 5. The molecule has 166 valence electrons. The van der Waals surface area contributed by atoms with Gasteiger partial charge in [0.2, 0.25) is 15.9 Å². The number of amides is 1. The zero-order valence-electron chi connectivity index (χ0n) is 15.9. The van der Waals surface area contributed by atoms with E-state index >= 15 is 0 Å². The zero-order chi connectivity index (χ0) is 23.7. The van der Waals surface area contributed by atoms with E-state index < -0.39 is 43.9 Å². The van der Waals surface area contributed by atoms with Gasteiger partial charge in [0.1, 0.15) is 11.0 Å². The van der Waals surface area contributed by atoms with E-state index in [0.717, 1.165) is 17.1 Å². The lowest BCUT2D eigenvalue weighted by molar-refractivity contribution is -0.137. The summed E-state index contributed by atoms with van der Waals surface area (Å²) in [6, 6.07) is 9.08. The second kappa shape index (κ2) is 8.62. The lowest BCUT2D eigenvalue weighted by Crippen LogP contribution is -2.22. The largest absolute Gasteiger partial charge is 0.418 e. The number of benzene rings is 2. The standard InChI is InChI=1S/C19H13ClF3N5O3S/c20-14-4-2-1-3-12(14)5-18(29)27-15-7-17(32(25,30)31)16(6-13(15)19(21,22)23)28-10-11(8-24)9-26-28/h1-4,6-7,9-10H,5H2,(H,27,29)(H2,25,30,31). The summed E-state index contributed by atoms with van der Waals surface area (Å²) in [5, 5.41) is 20.1. The van der Waals surface area contributed by atoms with Crippen molar-refractivity contribution in [1.29, 1.82) is 5.26 Å². The van der Waals surface area contributed by atoms with Gasteiger partial charge >= 0.3 is 6.18 Å². The maximum Gasteiger partial charge on any atom is 0.418 e. The summed E-state index contributed by atoms with van der Waals surface area (Å²) in [6.07, 6.45) is -3.24. The fraction of sp³-hybridized carbons (Fsp3) is 0.105. The van der Waals surface area contributed by atoms with Crippen molar-refractivity contribution >= 4 is 33.2 Å². The van der Waals surface area contributed by atoms with Gasteiger partial charge in [-0.15, -0.1) is 0 Å². The molecule has 0 saturated carbocycles. The summed E-state index contributed by atoms with van der Waals surface area (Å²) in [7, 11) is -4.55. The number of hydrogen-bond donors (Lipinski definition) is 2. The van der Waals surface area contributed by atoms with Crippen molar-refractivity contribution in [3.63, 3.8) is 0 Å². The molecule has 0 aliphatic heterocycles. The number of carbonyl (C=O) groups is 1. The minimum Gasteiger partial charge on any atom is -0.325 e. The Hall–Kier alpha value is -3.40. The average molecular weight is 484 g/mol. The van der Waals surface area contributed by atoms with Gasteiger partial charge in [-0.2, -0.15) is 23.5 Å². The van der Waals surface area contributed by atoms with Crippen molar-refractivity contribution in [1.82, 2.24) is 9.78 Å². The molecule has 0 aliphatic carbocycles. The Bertz CT molecular complexity index is 1350. The number of nitrogens with two attached hydrogens (primary N) is 1. The molecule has 0 spiro atoms. The monoisotopic (exact) mass is 483 g/mol. The number of nitrogens with zero attached hydrogens (tertiary/aromatic N) is 3. The van der Waals surface area contributed by atoms with E-state index in [2.05, 4.69) is 10.4 Å². The molecule has 0 aliphatic rings. The Labute approximate surface area is 185 Å². The first-order valence-electron chi connectivity index (χ1n) is 8.66. The van der Waals surface area contributed by atoms with Crippen LogP contribution in [-0.4, -0.2) is 24.1 Å². The van der Waals surface area contributed by atoms with Gasteiger partial charge in [0.05, 0.1) is 35.1 Å². The highest BCUT2D eigenvalue weighted by molar-refractivity contribution is 7.89. The highest BCUT2D eigenvalue weighted by Gasteiger charge is 2.36. The molecule has 1 amide bonds. The Morgan fingerprint density at radius 2 is 1.97 bits per heavy atom. The van der Waals surface area contributed by atoms with Gasteiger partial charge in [0, 0.05) is 11.2 Å². The second-order valence-corrected chi connectivity index (χ2v) is 8.45.